The highest BCUT2D eigenvalue weighted by Crippen LogP contribution is 2.32. The van der Waals surface area contributed by atoms with Crippen LogP contribution in [0.5, 0.6) is 0 Å². The highest BCUT2D eigenvalue weighted by Gasteiger charge is 2.22. The van der Waals surface area contributed by atoms with Gasteiger partial charge in [-0.3, -0.25) is 4.68 Å². The monoisotopic (exact) mass is 370 g/mol. The number of fused-ring (bicyclic) bond motifs is 3. The van der Waals surface area contributed by atoms with Crippen molar-refractivity contribution in [2.24, 2.45) is 0 Å². The van der Waals surface area contributed by atoms with Crippen LogP contribution >= 0.6 is 11.3 Å². The third-order valence-corrected chi connectivity index (χ3v) is 5.43. The van der Waals surface area contributed by atoms with E-state index in [9.17, 15) is 4.79 Å². The molecule has 9 heteroatoms. The van der Waals surface area contributed by atoms with Gasteiger partial charge in [0.15, 0.2) is 11.5 Å². The number of aromatic nitrogens is 6. The minimum atomic E-state index is -0.328. The fourth-order valence-electron chi connectivity index (χ4n) is 2.88. The SMILES string of the molecule is CCOC(=O)c1sc2ncn3nc(C(C)n4cc(C)cn4)nc3c2c1C. The number of aryl methyl sites for hydroxylation is 2. The maximum atomic E-state index is 12.2. The van der Waals surface area contributed by atoms with E-state index in [0.717, 1.165) is 21.3 Å². The van der Waals surface area contributed by atoms with Gasteiger partial charge in [-0.2, -0.15) is 5.10 Å². The fraction of sp³-hybridized carbons (Fsp3) is 0.353. The molecule has 4 heterocycles. The molecule has 0 aliphatic rings. The Morgan fingerprint density at radius 1 is 1.38 bits per heavy atom. The number of hydrogen-bond acceptors (Lipinski definition) is 7. The first-order valence-electron chi connectivity index (χ1n) is 8.31. The van der Waals surface area contributed by atoms with Crippen molar-refractivity contribution in [1.82, 2.24) is 29.4 Å². The Bertz CT molecular complexity index is 1130. The first kappa shape index (κ1) is 16.6. The van der Waals surface area contributed by atoms with Crippen LogP contribution in [0.25, 0.3) is 15.9 Å². The van der Waals surface area contributed by atoms with Crippen molar-refractivity contribution in [1.29, 1.82) is 0 Å². The molecule has 4 rings (SSSR count). The number of esters is 1. The van der Waals surface area contributed by atoms with Gasteiger partial charge in [0, 0.05) is 6.20 Å². The van der Waals surface area contributed by atoms with E-state index in [4.69, 9.17) is 9.72 Å². The van der Waals surface area contributed by atoms with Gasteiger partial charge in [-0.25, -0.2) is 19.3 Å². The average Bonchev–Trinajstić information content (AvgIpc) is 3.31. The third kappa shape index (κ3) is 2.55. The Labute approximate surface area is 153 Å². The summed E-state index contributed by atoms with van der Waals surface area (Å²) in [6.07, 6.45) is 5.39. The van der Waals surface area contributed by atoms with Gasteiger partial charge >= 0.3 is 5.97 Å². The van der Waals surface area contributed by atoms with E-state index in [0.29, 0.717) is 23.0 Å². The van der Waals surface area contributed by atoms with Crippen molar-refractivity contribution in [3.63, 3.8) is 0 Å². The van der Waals surface area contributed by atoms with Gasteiger partial charge in [0.2, 0.25) is 0 Å². The van der Waals surface area contributed by atoms with Crippen molar-refractivity contribution in [3.8, 4) is 0 Å². The van der Waals surface area contributed by atoms with Gasteiger partial charge in [-0.05, 0) is 38.8 Å². The molecule has 4 aromatic heterocycles. The van der Waals surface area contributed by atoms with Crippen LogP contribution in [0.1, 0.15) is 46.5 Å². The number of rotatable bonds is 4. The third-order valence-electron chi connectivity index (χ3n) is 4.25. The van der Waals surface area contributed by atoms with Gasteiger partial charge < -0.3 is 4.74 Å². The van der Waals surface area contributed by atoms with Crippen molar-refractivity contribution in [2.45, 2.75) is 33.7 Å². The Hall–Kier alpha value is -2.81. The molecule has 0 fully saturated rings. The molecule has 0 saturated heterocycles. The Morgan fingerprint density at radius 2 is 2.19 bits per heavy atom. The normalized spacial score (nSPS) is 12.8. The molecule has 4 aromatic rings. The van der Waals surface area contributed by atoms with Crippen molar-refractivity contribution >= 4 is 33.2 Å². The topological polar surface area (TPSA) is 87.2 Å². The van der Waals surface area contributed by atoms with E-state index in [2.05, 4.69) is 15.2 Å². The molecule has 26 heavy (non-hydrogen) atoms. The van der Waals surface area contributed by atoms with Gasteiger partial charge in [-0.1, -0.05) is 0 Å². The lowest BCUT2D eigenvalue weighted by Gasteiger charge is -2.06. The fourth-order valence-corrected chi connectivity index (χ4v) is 3.92. The first-order valence-corrected chi connectivity index (χ1v) is 9.13. The van der Waals surface area contributed by atoms with Crippen LogP contribution in [-0.4, -0.2) is 41.9 Å². The largest absolute Gasteiger partial charge is 0.462 e. The Balaban J connectivity index is 1.85. The molecule has 1 unspecified atom stereocenters. The van der Waals surface area contributed by atoms with Crippen molar-refractivity contribution < 1.29 is 9.53 Å². The zero-order valence-corrected chi connectivity index (χ0v) is 15.7. The molecule has 134 valence electrons. The van der Waals surface area contributed by atoms with Crippen molar-refractivity contribution in [3.05, 3.63) is 40.5 Å². The lowest BCUT2D eigenvalue weighted by Crippen LogP contribution is -2.09. The highest BCUT2D eigenvalue weighted by atomic mass is 32.1. The predicted octanol–water partition coefficient (Wildman–Crippen LogP) is 2.94. The highest BCUT2D eigenvalue weighted by molar-refractivity contribution is 7.20. The molecule has 1 atom stereocenters. The second-order valence-corrected chi connectivity index (χ2v) is 7.11. The zero-order chi connectivity index (χ0) is 18.4. The number of carbonyl (C=O) groups excluding carboxylic acids is 1. The molecule has 0 aromatic carbocycles. The minimum Gasteiger partial charge on any atom is -0.462 e. The van der Waals surface area contributed by atoms with E-state index >= 15 is 0 Å². The van der Waals surface area contributed by atoms with E-state index in [-0.39, 0.29) is 12.0 Å². The molecule has 0 radical (unpaired) electrons. The van der Waals surface area contributed by atoms with Crippen molar-refractivity contribution in [2.75, 3.05) is 6.61 Å². The number of hydrogen-bond donors (Lipinski definition) is 0. The summed E-state index contributed by atoms with van der Waals surface area (Å²) in [5.41, 5.74) is 2.59. The summed E-state index contributed by atoms with van der Waals surface area (Å²) in [4.78, 5) is 22.6. The van der Waals surface area contributed by atoms with Crippen LogP contribution in [0.2, 0.25) is 0 Å². The minimum absolute atomic E-state index is 0.109. The Morgan fingerprint density at radius 3 is 2.88 bits per heavy atom. The summed E-state index contributed by atoms with van der Waals surface area (Å²) < 4.78 is 8.63. The maximum absolute atomic E-state index is 12.2. The van der Waals surface area contributed by atoms with Crippen LogP contribution in [0, 0.1) is 13.8 Å². The van der Waals surface area contributed by atoms with E-state index in [1.165, 1.54) is 11.3 Å². The number of carbonyl (C=O) groups is 1. The number of nitrogens with zero attached hydrogens (tertiary/aromatic N) is 6. The number of ether oxygens (including phenoxy) is 1. The predicted molar refractivity (Wildman–Crippen MR) is 97.6 cm³/mol. The second-order valence-electron chi connectivity index (χ2n) is 6.11. The van der Waals surface area contributed by atoms with Gasteiger partial charge in [0.05, 0.1) is 18.2 Å². The molecule has 0 bridgehead atoms. The van der Waals surface area contributed by atoms with E-state index in [1.54, 1.807) is 24.0 Å². The molecule has 0 aliphatic heterocycles. The first-order chi connectivity index (χ1) is 12.5. The molecular formula is C17H18N6O2S. The van der Waals surface area contributed by atoms with Crippen LogP contribution in [0.4, 0.5) is 0 Å². The number of thiophene rings is 1. The zero-order valence-electron chi connectivity index (χ0n) is 14.9. The molecule has 0 spiro atoms. The molecule has 0 amide bonds. The summed E-state index contributed by atoms with van der Waals surface area (Å²) in [5.74, 6) is 0.317. The lowest BCUT2D eigenvalue weighted by atomic mass is 10.2. The molecule has 0 N–H and O–H groups in total. The summed E-state index contributed by atoms with van der Waals surface area (Å²) in [6, 6.07) is -0.109. The quantitative estimate of drug-likeness (QED) is 0.513. The summed E-state index contributed by atoms with van der Waals surface area (Å²) in [5, 5.41) is 9.73. The van der Waals surface area contributed by atoms with Gasteiger partial charge in [-0.15, -0.1) is 16.4 Å². The van der Waals surface area contributed by atoms with E-state index in [1.807, 2.05) is 31.6 Å². The summed E-state index contributed by atoms with van der Waals surface area (Å²) in [7, 11) is 0. The molecule has 8 nitrogen and oxygen atoms in total. The van der Waals surface area contributed by atoms with E-state index < -0.39 is 0 Å². The standard InChI is InChI=1S/C17H18N6O2S/c1-5-25-17(24)13-10(3)12-15-20-14(11(4)22-7-9(2)6-19-22)21-23(15)8-18-16(12)26-13/h6-8,11H,5H2,1-4H3. The second kappa shape index (κ2) is 6.17. The van der Waals surface area contributed by atoms with Gasteiger partial charge in [0.1, 0.15) is 22.1 Å². The Kier molecular flexibility index (Phi) is 3.95. The van der Waals surface area contributed by atoms with Crippen LogP contribution in [0.15, 0.2) is 18.7 Å². The van der Waals surface area contributed by atoms with Crippen LogP contribution in [-0.2, 0) is 4.74 Å². The smallest absolute Gasteiger partial charge is 0.348 e. The molecule has 0 aliphatic carbocycles. The average molecular weight is 370 g/mol. The van der Waals surface area contributed by atoms with Crippen LogP contribution in [0.3, 0.4) is 0 Å². The lowest BCUT2D eigenvalue weighted by molar-refractivity contribution is 0.0531. The van der Waals surface area contributed by atoms with Crippen LogP contribution < -0.4 is 0 Å². The summed E-state index contributed by atoms with van der Waals surface area (Å²) >= 11 is 1.32. The van der Waals surface area contributed by atoms with Gasteiger partial charge in [0.25, 0.3) is 0 Å². The maximum Gasteiger partial charge on any atom is 0.348 e. The summed E-state index contributed by atoms with van der Waals surface area (Å²) in [6.45, 7) is 8.01. The molecule has 0 saturated carbocycles. The molecular weight excluding hydrogens is 352 g/mol.